The van der Waals surface area contributed by atoms with Crippen molar-refractivity contribution in [2.24, 2.45) is 0 Å². The van der Waals surface area contributed by atoms with Crippen LogP contribution >= 0.6 is 0 Å². The maximum Gasteiger partial charge on any atom is 0.279 e. The Kier molecular flexibility index (Phi) is 4.07. The van der Waals surface area contributed by atoms with Gasteiger partial charge in [0, 0.05) is 11.8 Å². The van der Waals surface area contributed by atoms with Crippen LogP contribution < -0.4 is 11.1 Å². The van der Waals surface area contributed by atoms with Crippen LogP contribution in [0, 0.1) is 0 Å². The molecule has 5 N–H and O–H groups in total. The van der Waals surface area contributed by atoms with E-state index in [1.54, 1.807) is 0 Å². The minimum absolute atomic E-state index is 0.186. The van der Waals surface area contributed by atoms with E-state index in [0.717, 1.165) is 24.2 Å². The van der Waals surface area contributed by atoms with Gasteiger partial charge in [0.15, 0.2) is 11.5 Å². The molecule has 0 radical (unpaired) electrons. The summed E-state index contributed by atoms with van der Waals surface area (Å²) in [6, 6.07) is 1.81. The summed E-state index contributed by atoms with van der Waals surface area (Å²) in [5.41, 5.74) is 8.28. The van der Waals surface area contributed by atoms with Crippen molar-refractivity contribution in [2.75, 3.05) is 11.1 Å². The first-order valence-corrected chi connectivity index (χ1v) is 6.72. The lowest BCUT2D eigenvalue weighted by atomic mass is 10.1. The van der Waals surface area contributed by atoms with E-state index in [-0.39, 0.29) is 17.5 Å². The molecule has 0 aliphatic heterocycles. The molecule has 0 saturated heterocycles. The summed E-state index contributed by atoms with van der Waals surface area (Å²) >= 11 is 0. The summed E-state index contributed by atoms with van der Waals surface area (Å²) in [4.78, 5) is 12.1. The van der Waals surface area contributed by atoms with Gasteiger partial charge >= 0.3 is 0 Å². The number of carbonyl (C=O) groups excluding carboxylic acids is 1. The van der Waals surface area contributed by atoms with Crippen molar-refractivity contribution in [3.63, 3.8) is 0 Å². The lowest BCUT2D eigenvalue weighted by molar-refractivity contribution is 0.102. The van der Waals surface area contributed by atoms with Crippen LogP contribution in [0.1, 0.15) is 55.0 Å². The van der Waals surface area contributed by atoms with Crippen molar-refractivity contribution >= 4 is 17.4 Å². The van der Waals surface area contributed by atoms with E-state index in [4.69, 9.17) is 5.73 Å². The van der Waals surface area contributed by atoms with Crippen LogP contribution in [0.25, 0.3) is 0 Å². The smallest absolute Gasteiger partial charge is 0.279 e. The normalized spacial score (nSPS) is 11.0. The van der Waals surface area contributed by atoms with Crippen molar-refractivity contribution in [3.8, 4) is 0 Å². The van der Waals surface area contributed by atoms with Gasteiger partial charge in [-0.05, 0) is 12.3 Å². The number of H-pyrrole nitrogens is 2. The molecule has 2 aromatic rings. The van der Waals surface area contributed by atoms with Crippen LogP contribution in [0.3, 0.4) is 0 Å². The predicted octanol–water partition coefficient (Wildman–Crippen LogP) is 2.04. The predicted molar refractivity (Wildman–Crippen MR) is 77.6 cm³/mol. The summed E-state index contributed by atoms with van der Waals surface area (Å²) in [6.07, 6.45) is 1.91. The quantitative estimate of drug-likeness (QED) is 0.669. The number of amides is 1. The fourth-order valence-corrected chi connectivity index (χ4v) is 1.98. The monoisotopic (exact) mass is 276 g/mol. The first kappa shape index (κ1) is 14.1. The van der Waals surface area contributed by atoms with Gasteiger partial charge in [-0.1, -0.05) is 27.2 Å². The molecule has 0 saturated carbocycles. The lowest BCUT2D eigenvalue weighted by Crippen LogP contribution is -2.14. The summed E-state index contributed by atoms with van der Waals surface area (Å²) < 4.78 is 0. The maximum atomic E-state index is 12.1. The number of aryl methyl sites for hydroxylation is 1. The Morgan fingerprint density at radius 2 is 2.15 bits per heavy atom. The van der Waals surface area contributed by atoms with Gasteiger partial charge in [0.25, 0.3) is 5.91 Å². The third-order valence-corrected chi connectivity index (χ3v) is 3.02. The molecule has 108 valence electrons. The van der Waals surface area contributed by atoms with Crippen LogP contribution in [0.5, 0.6) is 0 Å². The molecule has 2 aromatic heterocycles. The minimum atomic E-state index is -0.361. The Morgan fingerprint density at radius 1 is 1.40 bits per heavy atom. The molecule has 0 aliphatic rings. The summed E-state index contributed by atoms with van der Waals surface area (Å²) in [6.45, 7) is 6.05. The molecule has 0 fully saturated rings. The fraction of sp³-hybridized carbons (Fsp3) is 0.462. The fourth-order valence-electron chi connectivity index (χ4n) is 1.98. The highest BCUT2D eigenvalue weighted by atomic mass is 16.2. The molecule has 0 bridgehead atoms. The highest BCUT2D eigenvalue weighted by Crippen LogP contribution is 2.22. The third kappa shape index (κ3) is 2.81. The van der Waals surface area contributed by atoms with Crippen molar-refractivity contribution in [2.45, 2.75) is 39.5 Å². The zero-order valence-corrected chi connectivity index (χ0v) is 11.9. The van der Waals surface area contributed by atoms with Crippen molar-refractivity contribution < 1.29 is 4.79 Å². The van der Waals surface area contributed by atoms with Crippen LogP contribution in [0.4, 0.5) is 11.5 Å². The molecule has 20 heavy (non-hydrogen) atoms. The Labute approximate surface area is 117 Å². The molecule has 0 aliphatic carbocycles. The SMILES string of the molecule is CCCc1cc(NC(=O)c2n[nH]c(C(C)C)c2N)n[nH]1. The number of nitrogen functional groups attached to an aromatic ring is 1. The molecule has 0 atom stereocenters. The molecule has 0 spiro atoms. The van der Waals surface area contributed by atoms with E-state index in [1.165, 1.54) is 0 Å². The molecule has 1 amide bonds. The van der Waals surface area contributed by atoms with E-state index in [0.29, 0.717) is 11.5 Å². The van der Waals surface area contributed by atoms with Crippen LogP contribution in [0.2, 0.25) is 0 Å². The number of aromatic amines is 2. The average Bonchev–Trinajstić information content (AvgIpc) is 2.96. The lowest BCUT2D eigenvalue weighted by Gasteiger charge is -2.02. The molecule has 0 aromatic carbocycles. The largest absolute Gasteiger partial charge is 0.395 e. The van der Waals surface area contributed by atoms with E-state index in [9.17, 15) is 4.79 Å². The van der Waals surface area contributed by atoms with E-state index >= 15 is 0 Å². The number of nitrogens with zero attached hydrogens (tertiary/aromatic N) is 2. The Bertz CT molecular complexity index is 598. The van der Waals surface area contributed by atoms with Crippen molar-refractivity contribution in [1.29, 1.82) is 0 Å². The Balaban J connectivity index is 2.11. The number of aromatic nitrogens is 4. The summed E-state index contributed by atoms with van der Waals surface area (Å²) in [7, 11) is 0. The minimum Gasteiger partial charge on any atom is -0.395 e. The zero-order chi connectivity index (χ0) is 14.7. The molecule has 0 unspecified atom stereocenters. The molecular weight excluding hydrogens is 256 g/mol. The second-order valence-corrected chi connectivity index (χ2v) is 5.04. The summed E-state index contributed by atoms with van der Waals surface area (Å²) in [5.74, 6) is 0.303. The Hall–Kier alpha value is -2.31. The van der Waals surface area contributed by atoms with Gasteiger partial charge in [-0.3, -0.25) is 15.0 Å². The maximum absolute atomic E-state index is 12.1. The number of hydrogen-bond donors (Lipinski definition) is 4. The van der Waals surface area contributed by atoms with Gasteiger partial charge in [-0.25, -0.2) is 0 Å². The molecular formula is C13H20N6O. The zero-order valence-electron chi connectivity index (χ0n) is 11.9. The number of nitrogens with one attached hydrogen (secondary N) is 3. The highest BCUT2D eigenvalue weighted by Gasteiger charge is 2.19. The van der Waals surface area contributed by atoms with E-state index in [2.05, 4.69) is 32.6 Å². The standard InChI is InChI=1S/C13H20N6O/c1-4-5-8-6-9(17-16-8)15-13(20)12-10(14)11(7(2)3)18-19-12/h6-7H,4-5,14H2,1-3H3,(H,18,19)(H2,15,16,17,20). The number of nitrogens with two attached hydrogens (primary N) is 1. The molecule has 7 nitrogen and oxygen atoms in total. The number of rotatable bonds is 5. The van der Waals surface area contributed by atoms with E-state index < -0.39 is 0 Å². The number of carbonyl (C=O) groups is 1. The third-order valence-electron chi connectivity index (χ3n) is 3.02. The second kappa shape index (κ2) is 5.77. The van der Waals surface area contributed by atoms with Crippen molar-refractivity contribution in [1.82, 2.24) is 20.4 Å². The van der Waals surface area contributed by atoms with Gasteiger partial charge in [-0.2, -0.15) is 10.2 Å². The van der Waals surface area contributed by atoms with Gasteiger partial charge in [0.2, 0.25) is 0 Å². The average molecular weight is 276 g/mol. The number of anilines is 2. The van der Waals surface area contributed by atoms with Gasteiger partial charge in [0.05, 0.1) is 11.4 Å². The first-order chi connectivity index (χ1) is 9.52. The highest BCUT2D eigenvalue weighted by molar-refractivity contribution is 6.06. The number of hydrogen-bond acceptors (Lipinski definition) is 4. The van der Waals surface area contributed by atoms with Gasteiger partial charge < -0.3 is 11.1 Å². The van der Waals surface area contributed by atoms with Crippen LogP contribution in [-0.4, -0.2) is 26.3 Å². The second-order valence-electron chi connectivity index (χ2n) is 5.04. The molecule has 2 rings (SSSR count). The Morgan fingerprint density at radius 3 is 2.75 bits per heavy atom. The van der Waals surface area contributed by atoms with Crippen molar-refractivity contribution in [3.05, 3.63) is 23.1 Å². The molecule has 2 heterocycles. The van der Waals surface area contributed by atoms with Crippen LogP contribution in [0.15, 0.2) is 6.07 Å². The summed E-state index contributed by atoms with van der Waals surface area (Å²) in [5, 5.41) is 16.4. The van der Waals surface area contributed by atoms with Gasteiger partial charge in [0.1, 0.15) is 0 Å². The molecule has 7 heteroatoms. The topological polar surface area (TPSA) is 112 Å². The first-order valence-electron chi connectivity index (χ1n) is 6.72. The van der Waals surface area contributed by atoms with E-state index in [1.807, 2.05) is 19.9 Å². The van der Waals surface area contributed by atoms with Crippen LogP contribution in [-0.2, 0) is 6.42 Å². The van der Waals surface area contributed by atoms with Gasteiger partial charge in [-0.15, -0.1) is 0 Å².